The Balaban J connectivity index is 1.77. The molecule has 1 aliphatic heterocycles. The smallest absolute Gasteiger partial charge is 0.322 e. The van der Waals surface area contributed by atoms with Gasteiger partial charge in [-0.1, -0.05) is 33.1 Å². The van der Waals surface area contributed by atoms with Gasteiger partial charge in [-0.3, -0.25) is 15.0 Å². The van der Waals surface area contributed by atoms with Gasteiger partial charge in [0.25, 0.3) is 11.8 Å². The molecule has 1 spiro atoms. The number of carbonyl (C=O) groups excluding carboxylic acids is 3. The Kier molecular flexibility index (Phi) is 4.33. The molecule has 24 heavy (non-hydrogen) atoms. The Morgan fingerprint density at radius 2 is 1.96 bits per heavy atom. The molecule has 1 saturated carbocycles. The van der Waals surface area contributed by atoms with E-state index in [9.17, 15) is 14.4 Å². The molecular weight excluding hydrogens is 328 g/mol. The summed E-state index contributed by atoms with van der Waals surface area (Å²) < 4.78 is 0. The molecule has 1 aromatic heterocycles. The van der Waals surface area contributed by atoms with Crippen LogP contribution in [0.5, 0.6) is 0 Å². The van der Waals surface area contributed by atoms with Gasteiger partial charge in [-0.25, -0.2) is 9.78 Å². The van der Waals surface area contributed by atoms with Crippen LogP contribution in [0, 0.1) is 6.92 Å². The van der Waals surface area contributed by atoms with Gasteiger partial charge in [0.05, 0.1) is 10.7 Å². The lowest BCUT2D eigenvalue weighted by Crippen LogP contribution is -2.50. The lowest BCUT2D eigenvalue weighted by Gasteiger charge is -2.30. The van der Waals surface area contributed by atoms with Crippen molar-refractivity contribution >= 4 is 29.2 Å². The number of carbonyl (C=O) groups is 3. The second-order valence-corrected chi connectivity index (χ2v) is 7.81. The van der Waals surface area contributed by atoms with Crippen molar-refractivity contribution in [2.45, 2.75) is 64.3 Å². The van der Waals surface area contributed by atoms with Crippen LogP contribution in [0.1, 0.15) is 72.2 Å². The molecule has 0 unspecified atom stereocenters. The Labute approximate surface area is 144 Å². The number of hydrogen-bond acceptors (Lipinski definition) is 5. The van der Waals surface area contributed by atoms with Crippen molar-refractivity contribution < 1.29 is 14.4 Å². The fourth-order valence-electron chi connectivity index (χ4n) is 3.24. The van der Waals surface area contributed by atoms with Gasteiger partial charge in [0, 0.05) is 5.92 Å². The highest BCUT2D eigenvalue weighted by atomic mass is 32.1. The summed E-state index contributed by atoms with van der Waals surface area (Å²) in [5, 5.41) is 4.47. The van der Waals surface area contributed by atoms with Gasteiger partial charge >= 0.3 is 6.03 Å². The van der Waals surface area contributed by atoms with Crippen molar-refractivity contribution in [1.82, 2.24) is 20.7 Å². The Bertz CT molecular complexity index is 691. The first kappa shape index (κ1) is 16.9. The van der Waals surface area contributed by atoms with Crippen molar-refractivity contribution in [1.29, 1.82) is 0 Å². The summed E-state index contributed by atoms with van der Waals surface area (Å²) in [5.74, 6) is -0.600. The van der Waals surface area contributed by atoms with Crippen LogP contribution in [0.2, 0.25) is 0 Å². The van der Waals surface area contributed by atoms with E-state index in [1.165, 1.54) is 11.3 Å². The summed E-state index contributed by atoms with van der Waals surface area (Å²) in [4.78, 5) is 42.2. The zero-order valence-electron chi connectivity index (χ0n) is 14.1. The molecule has 2 N–H and O–H groups in total. The predicted octanol–water partition coefficient (Wildman–Crippen LogP) is 2.47. The number of imide groups is 1. The van der Waals surface area contributed by atoms with E-state index in [0.717, 1.165) is 29.3 Å². The Morgan fingerprint density at radius 3 is 2.54 bits per heavy atom. The molecule has 2 aliphatic rings. The average Bonchev–Trinajstić information content (AvgIpc) is 3.03. The highest BCUT2D eigenvalue weighted by Gasteiger charge is 2.52. The molecule has 1 aromatic rings. The molecule has 3 rings (SSSR count). The lowest BCUT2D eigenvalue weighted by molar-refractivity contribution is -0.134. The van der Waals surface area contributed by atoms with Crippen LogP contribution in [-0.4, -0.2) is 33.4 Å². The normalized spacial score (nSPS) is 19.9. The third-order valence-corrected chi connectivity index (χ3v) is 6.05. The molecule has 2 fully saturated rings. The van der Waals surface area contributed by atoms with Gasteiger partial charge in [-0.05, 0) is 19.8 Å². The minimum atomic E-state index is -0.839. The van der Waals surface area contributed by atoms with E-state index < -0.39 is 17.5 Å². The highest BCUT2D eigenvalue weighted by Crippen LogP contribution is 2.33. The summed E-state index contributed by atoms with van der Waals surface area (Å²) in [6, 6.07) is -0.554. The standard InChI is InChI=1S/C16H22N4O3S/c1-9(2)13-17-10(3)11(24-13)12(21)19-20-14(22)16(18-15(20)23)7-5-4-6-8-16/h9H,4-8H2,1-3H3,(H,18,23)(H,19,21). The first-order valence-electron chi connectivity index (χ1n) is 8.29. The molecule has 0 bridgehead atoms. The molecule has 0 radical (unpaired) electrons. The predicted molar refractivity (Wildman–Crippen MR) is 89.6 cm³/mol. The third kappa shape index (κ3) is 2.79. The van der Waals surface area contributed by atoms with Gasteiger partial charge < -0.3 is 5.32 Å². The Morgan fingerprint density at radius 1 is 1.29 bits per heavy atom. The van der Waals surface area contributed by atoms with Crippen LogP contribution in [0.25, 0.3) is 0 Å². The van der Waals surface area contributed by atoms with Crippen molar-refractivity contribution in [3.8, 4) is 0 Å². The molecule has 130 valence electrons. The quantitative estimate of drug-likeness (QED) is 0.819. The summed E-state index contributed by atoms with van der Waals surface area (Å²) in [6.45, 7) is 5.76. The lowest BCUT2D eigenvalue weighted by atomic mass is 9.82. The van der Waals surface area contributed by atoms with Crippen LogP contribution in [0.15, 0.2) is 0 Å². The fraction of sp³-hybridized carbons (Fsp3) is 0.625. The number of rotatable bonds is 3. The summed E-state index contributed by atoms with van der Waals surface area (Å²) >= 11 is 1.30. The van der Waals surface area contributed by atoms with Crippen LogP contribution in [0.3, 0.4) is 0 Å². The van der Waals surface area contributed by atoms with E-state index in [2.05, 4.69) is 15.7 Å². The topological polar surface area (TPSA) is 91.4 Å². The van der Waals surface area contributed by atoms with Crippen molar-refractivity contribution in [2.75, 3.05) is 0 Å². The van der Waals surface area contributed by atoms with E-state index in [0.29, 0.717) is 23.4 Å². The highest BCUT2D eigenvalue weighted by molar-refractivity contribution is 7.13. The maximum Gasteiger partial charge on any atom is 0.344 e. The van der Waals surface area contributed by atoms with E-state index >= 15 is 0 Å². The largest absolute Gasteiger partial charge is 0.344 e. The monoisotopic (exact) mass is 350 g/mol. The minimum absolute atomic E-state index is 0.220. The number of amides is 4. The number of urea groups is 1. The molecule has 8 heteroatoms. The second kappa shape index (κ2) is 6.16. The van der Waals surface area contributed by atoms with E-state index in [-0.39, 0.29) is 11.8 Å². The van der Waals surface area contributed by atoms with Gasteiger partial charge in [-0.15, -0.1) is 11.3 Å². The fourth-order valence-corrected chi connectivity index (χ4v) is 4.20. The number of hydrazine groups is 1. The van der Waals surface area contributed by atoms with Gasteiger partial charge in [0.15, 0.2) is 0 Å². The van der Waals surface area contributed by atoms with Gasteiger partial charge in [0.2, 0.25) is 0 Å². The molecule has 2 heterocycles. The summed E-state index contributed by atoms with van der Waals surface area (Å²) in [7, 11) is 0. The molecular formula is C16H22N4O3S. The van der Waals surface area contributed by atoms with E-state index in [1.807, 2.05) is 13.8 Å². The molecule has 0 aromatic carbocycles. The average molecular weight is 350 g/mol. The number of thiazole rings is 1. The molecule has 7 nitrogen and oxygen atoms in total. The maximum atomic E-state index is 12.7. The zero-order valence-corrected chi connectivity index (χ0v) is 15.0. The minimum Gasteiger partial charge on any atom is -0.322 e. The zero-order chi connectivity index (χ0) is 17.5. The summed E-state index contributed by atoms with van der Waals surface area (Å²) in [5.41, 5.74) is 2.24. The number of hydrogen-bond donors (Lipinski definition) is 2. The van der Waals surface area contributed by atoms with Crippen LogP contribution >= 0.6 is 11.3 Å². The SMILES string of the molecule is Cc1nc(C(C)C)sc1C(=O)NN1C(=O)NC2(CCCCC2)C1=O. The number of aryl methyl sites for hydroxylation is 1. The third-order valence-electron chi connectivity index (χ3n) is 4.60. The van der Waals surface area contributed by atoms with Gasteiger partial charge in [0.1, 0.15) is 10.4 Å². The molecule has 0 atom stereocenters. The molecule has 4 amide bonds. The first-order chi connectivity index (χ1) is 11.3. The number of aromatic nitrogens is 1. The second-order valence-electron chi connectivity index (χ2n) is 6.78. The van der Waals surface area contributed by atoms with Crippen molar-refractivity contribution in [3.63, 3.8) is 0 Å². The maximum absolute atomic E-state index is 12.7. The first-order valence-corrected chi connectivity index (χ1v) is 9.11. The number of nitrogens with zero attached hydrogens (tertiary/aromatic N) is 2. The van der Waals surface area contributed by atoms with Gasteiger partial charge in [-0.2, -0.15) is 5.01 Å². The molecule has 1 aliphatic carbocycles. The Hall–Kier alpha value is -1.96. The van der Waals surface area contributed by atoms with Crippen LogP contribution in [-0.2, 0) is 4.79 Å². The number of nitrogens with one attached hydrogen (secondary N) is 2. The van der Waals surface area contributed by atoms with E-state index in [4.69, 9.17) is 0 Å². The van der Waals surface area contributed by atoms with Crippen LogP contribution in [0.4, 0.5) is 4.79 Å². The van der Waals surface area contributed by atoms with Crippen molar-refractivity contribution in [3.05, 3.63) is 15.6 Å². The summed E-state index contributed by atoms with van der Waals surface area (Å²) in [6.07, 6.45) is 4.12. The van der Waals surface area contributed by atoms with Crippen molar-refractivity contribution in [2.24, 2.45) is 0 Å². The molecule has 1 saturated heterocycles. The van der Waals surface area contributed by atoms with E-state index in [1.54, 1.807) is 6.92 Å². The van der Waals surface area contributed by atoms with Crippen LogP contribution < -0.4 is 10.7 Å².